The topological polar surface area (TPSA) is 29.9 Å². The van der Waals surface area contributed by atoms with Crippen molar-refractivity contribution in [2.24, 2.45) is 5.92 Å². The van der Waals surface area contributed by atoms with Crippen molar-refractivity contribution in [3.8, 4) is 0 Å². The number of aryl methyl sites for hydroxylation is 1. The number of nitrogens with zero attached hydrogens (tertiary/aromatic N) is 2. The highest BCUT2D eigenvalue weighted by molar-refractivity contribution is 5.30. The summed E-state index contributed by atoms with van der Waals surface area (Å²) in [6, 6.07) is 0.389. The van der Waals surface area contributed by atoms with Crippen molar-refractivity contribution in [2.75, 3.05) is 7.05 Å². The zero-order valence-electron chi connectivity index (χ0n) is 12.9. The van der Waals surface area contributed by atoms with Crippen LogP contribution >= 0.6 is 0 Å². The maximum atomic E-state index is 4.83. The molecule has 0 saturated carbocycles. The molecule has 1 aromatic rings. The van der Waals surface area contributed by atoms with E-state index in [1.807, 2.05) is 7.05 Å². The Bertz CT molecular complexity index is 368. The Balaban J connectivity index is 3.15. The summed E-state index contributed by atoms with van der Waals surface area (Å²) in [7, 11) is 2.02. The monoisotopic (exact) mass is 251 g/mol. The molecule has 3 nitrogen and oxygen atoms in total. The van der Waals surface area contributed by atoms with E-state index in [0.29, 0.717) is 12.0 Å². The van der Waals surface area contributed by atoms with Gasteiger partial charge in [-0.3, -0.25) is 4.68 Å². The van der Waals surface area contributed by atoms with Gasteiger partial charge < -0.3 is 5.32 Å². The minimum Gasteiger partial charge on any atom is -0.313 e. The van der Waals surface area contributed by atoms with Crippen LogP contribution < -0.4 is 5.32 Å². The first-order valence-electron chi connectivity index (χ1n) is 7.34. The fraction of sp³-hybridized carbons (Fsp3) is 0.800. The lowest BCUT2D eigenvalue weighted by molar-refractivity contribution is 0.426. The van der Waals surface area contributed by atoms with Crippen LogP contribution in [0.15, 0.2) is 0 Å². The zero-order valence-corrected chi connectivity index (χ0v) is 12.9. The van der Waals surface area contributed by atoms with Gasteiger partial charge in [-0.2, -0.15) is 5.10 Å². The fourth-order valence-electron chi connectivity index (χ4n) is 2.42. The Morgan fingerprint density at radius 1 is 1.17 bits per heavy atom. The predicted octanol–water partition coefficient (Wildman–Crippen LogP) is 3.33. The molecule has 0 aliphatic rings. The van der Waals surface area contributed by atoms with E-state index in [-0.39, 0.29) is 0 Å². The molecule has 0 bridgehead atoms. The molecule has 0 aliphatic heterocycles. The van der Waals surface area contributed by atoms with E-state index >= 15 is 0 Å². The molecule has 2 unspecified atom stereocenters. The van der Waals surface area contributed by atoms with E-state index in [2.05, 4.69) is 44.6 Å². The van der Waals surface area contributed by atoms with Crippen molar-refractivity contribution in [1.29, 1.82) is 0 Å². The summed E-state index contributed by atoms with van der Waals surface area (Å²) in [5.74, 6) is 0.692. The fourth-order valence-corrected chi connectivity index (χ4v) is 2.42. The Labute approximate surface area is 112 Å². The average Bonchev–Trinajstić information content (AvgIpc) is 2.74. The molecule has 0 amide bonds. The second-order valence-electron chi connectivity index (χ2n) is 5.22. The van der Waals surface area contributed by atoms with Gasteiger partial charge in [0.1, 0.15) is 0 Å². The third kappa shape index (κ3) is 3.14. The lowest BCUT2D eigenvalue weighted by Crippen LogP contribution is -2.16. The summed E-state index contributed by atoms with van der Waals surface area (Å²) >= 11 is 0. The zero-order chi connectivity index (χ0) is 13.7. The van der Waals surface area contributed by atoms with Crippen LogP contribution in [0.5, 0.6) is 0 Å². The van der Waals surface area contributed by atoms with Crippen molar-refractivity contribution in [1.82, 2.24) is 15.1 Å². The van der Waals surface area contributed by atoms with Gasteiger partial charge in [-0.15, -0.1) is 0 Å². The molecule has 3 heteroatoms. The van der Waals surface area contributed by atoms with Crippen molar-refractivity contribution in [3.05, 3.63) is 17.0 Å². The minimum absolute atomic E-state index is 0.389. The van der Waals surface area contributed by atoms with Crippen molar-refractivity contribution in [2.45, 2.75) is 66.5 Å². The molecule has 1 N–H and O–H groups in total. The maximum Gasteiger partial charge on any atom is 0.0672 e. The molecule has 2 atom stereocenters. The molecule has 104 valence electrons. The van der Waals surface area contributed by atoms with Gasteiger partial charge in [-0.05, 0) is 32.7 Å². The second kappa shape index (κ2) is 6.93. The number of hydrogen-bond acceptors (Lipinski definition) is 2. The summed E-state index contributed by atoms with van der Waals surface area (Å²) in [6.07, 6.45) is 3.29. The van der Waals surface area contributed by atoms with Crippen molar-refractivity contribution < 1.29 is 0 Å². The van der Waals surface area contributed by atoms with Crippen LogP contribution in [0.3, 0.4) is 0 Å². The summed E-state index contributed by atoms with van der Waals surface area (Å²) in [6.45, 7) is 12.2. The highest BCUT2D eigenvalue weighted by atomic mass is 15.3. The summed E-state index contributed by atoms with van der Waals surface area (Å²) in [4.78, 5) is 0. The van der Waals surface area contributed by atoms with Crippen molar-refractivity contribution in [3.63, 3.8) is 0 Å². The van der Waals surface area contributed by atoms with E-state index in [1.165, 1.54) is 23.4 Å². The van der Waals surface area contributed by atoms with Crippen LogP contribution in [0.4, 0.5) is 0 Å². The molecule has 1 aromatic heterocycles. The third-order valence-electron chi connectivity index (χ3n) is 3.89. The van der Waals surface area contributed by atoms with Crippen LogP contribution in [0.2, 0.25) is 0 Å². The molecule has 0 radical (unpaired) electrons. The standard InChI is InChI=1S/C15H29N3/c1-7-11(4)10-18-14(9-3)15(12(5)16-6)13(8-2)17-18/h11-12,16H,7-10H2,1-6H3. The second-order valence-corrected chi connectivity index (χ2v) is 5.22. The number of aromatic nitrogens is 2. The van der Waals surface area contributed by atoms with E-state index in [4.69, 9.17) is 5.10 Å². The van der Waals surface area contributed by atoms with Gasteiger partial charge >= 0.3 is 0 Å². The Morgan fingerprint density at radius 3 is 2.28 bits per heavy atom. The van der Waals surface area contributed by atoms with Crippen LogP contribution in [-0.2, 0) is 19.4 Å². The molecule has 0 fully saturated rings. The van der Waals surface area contributed by atoms with E-state index in [0.717, 1.165) is 19.4 Å². The van der Waals surface area contributed by atoms with E-state index < -0.39 is 0 Å². The molecule has 1 rings (SSSR count). The van der Waals surface area contributed by atoms with Gasteiger partial charge in [-0.1, -0.05) is 34.1 Å². The smallest absolute Gasteiger partial charge is 0.0672 e. The quantitative estimate of drug-likeness (QED) is 0.805. The van der Waals surface area contributed by atoms with Gasteiger partial charge in [-0.25, -0.2) is 0 Å². The third-order valence-corrected chi connectivity index (χ3v) is 3.89. The van der Waals surface area contributed by atoms with Crippen LogP contribution in [0.25, 0.3) is 0 Å². The van der Waals surface area contributed by atoms with Crippen LogP contribution in [0.1, 0.15) is 64.0 Å². The molecule has 1 heterocycles. The van der Waals surface area contributed by atoms with E-state index in [1.54, 1.807) is 0 Å². The van der Waals surface area contributed by atoms with Crippen LogP contribution in [-0.4, -0.2) is 16.8 Å². The minimum atomic E-state index is 0.389. The number of nitrogens with one attached hydrogen (secondary N) is 1. The first-order chi connectivity index (χ1) is 8.58. The largest absolute Gasteiger partial charge is 0.313 e. The molecule has 0 spiro atoms. The van der Waals surface area contributed by atoms with Gasteiger partial charge in [0.15, 0.2) is 0 Å². The first-order valence-corrected chi connectivity index (χ1v) is 7.34. The normalized spacial score (nSPS) is 14.8. The summed E-state index contributed by atoms with van der Waals surface area (Å²) < 4.78 is 2.25. The average molecular weight is 251 g/mol. The van der Waals surface area contributed by atoms with E-state index in [9.17, 15) is 0 Å². The van der Waals surface area contributed by atoms with Crippen molar-refractivity contribution >= 4 is 0 Å². The lowest BCUT2D eigenvalue weighted by atomic mass is 10.0. The SMILES string of the molecule is CCc1nn(CC(C)CC)c(CC)c1C(C)NC. The van der Waals surface area contributed by atoms with Gasteiger partial charge in [0.25, 0.3) is 0 Å². The molecule has 18 heavy (non-hydrogen) atoms. The Kier molecular flexibility index (Phi) is 5.86. The first kappa shape index (κ1) is 15.2. The molecule has 0 aliphatic carbocycles. The molecule has 0 saturated heterocycles. The predicted molar refractivity (Wildman–Crippen MR) is 77.9 cm³/mol. The Morgan fingerprint density at radius 2 is 1.83 bits per heavy atom. The number of rotatable bonds is 7. The molecule has 0 aromatic carbocycles. The van der Waals surface area contributed by atoms with Gasteiger partial charge in [0.2, 0.25) is 0 Å². The molecular weight excluding hydrogens is 222 g/mol. The summed E-state index contributed by atoms with van der Waals surface area (Å²) in [5, 5.41) is 8.19. The highest BCUT2D eigenvalue weighted by Crippen LogP contribution is 2.24. The molecular formula is C15H29N3. The number of hydrogen-bond donors (Lipinski definition) is 1. The van der Waals surface area contributed by atoms with Gasteiger partial charge in [0, 0.05) is 23.8 Å². The van der Waals surface area contributed by atoms with Crippen LogP contribution in [0, 0.1) is 5.92 Å². The van der Waals surface area contributed by atoms with Gasteiger partial charge in [0.05, 0.1) is 5.69 Å². The highest BCUT2D eigenvalue weighted by Gasteiger charge is 2.20. The lowest BCUT2D eigenvalue weighted by Gasteiger charge is -2.15. The Hall–Kier alpha value is -0.830. The maximum absolute atomic E-state index is 4.83. The summed E-state index contributed by atoms with van der Waals surface area (Å²) in [5.41, 5.74) is 4.09.